The number of aliphatic hydroxyl groups excluding tert-OH is 3. The molecule has 0 bridgehead atoms. The molecule has 3 aliphatic rings. The molecule has 0 amide bonds. The first kappa shape index (κ1) is 19.5. The number of unbranched alkanes of at least 4 members (excludes halogenated alkanes) is 1. The number of carbonyl (C=O) groups is 1. The van der Waals surface area contributed by atoms with E-state index in [2.05, 4.69) is 31.7 Å². The maximum Gasteiger partial charge on any atom is 0.351 e. The van der Waals surface area contributed by atoms with Crippen molar-refractivity contribution in [1.29, 1.82) is 0 Å². The molecular formula is C18H21N5O6. The molecule has 5 atom stereocenters. The second-order valence-electron chi connectivity index (χ2n) is 6.85. The Morgan fingerprint density at radius 1 is 1.45 bits per heavy atom. The van der Waals surface area contributed by atoms with Gasteiger partial charge in [-0.2, -0.15) is 0 Å². The second kappa shape index (κ2) is 7.92. The summed E-state index contributed by atoms with van der Waals surface area (Å²) in [4.78, 5) is 27.0. The Balaban J connectivity index is 1.55. The highest BCUT2D eigenvalue weighted by atomic mass is 16.6. The Bertz CT molecular complexity index is 1010. The molecule has 11 nitrogen and oxygen atoms in total. The fourth-order valence-corrected chi connectivity index (χ4v) is 3.37. The summed E-state index contributed by atoms with van der Waals surface area (Å²) in [5.41, 5.74) is 0.440. The molecule has 1 saturated heterocycles. The minimum Gasteiger partial charge on any atom is -0.387 e. The first-order valence-electron chi connectivity index (χ1n) is 9.30. The molecule has 3 N–H and O–H groups in total. The van der Waals surface area contributed by atoms with E-state index in [1.807, 2.05) is 11.8 Å². The van der Waals surface area contributed by atoms with Gasteiger partial charge in [-0.1, -0.05) is 12.8 Å². The Labute approximate surface area is 165 Å². The number of rotatable bonds is 4. The van der Waals surface area contributed by atoms with Gasteiger partial charge in [0.25, 0.3) is 0 Å². The van der Waals surface area contributed by atoms with Crippen LogP contribution < -0.4 is 10.8 Å². The van der Waals surface area contributed by atoms with E-state index in [0.717, 1.165) is 6.42 Å². The van der Waals surface area contributed by atoms with Gasteiger partial charge in [-0.25, -0.2) is 19.8 Å². The van der Waals surface area contributed by atoms with Gasteiger partial charge < -0.3 is 29.7 Å². The number of hydrogen-bond acceptors (Lipinski definition) is 10. The lowest BCUT2D eigenvalue weighted by Crippen LogP contribution is -2.44. The topological polar surface area (TPSA) is 142 Å². The van der Waals surface area contributed by atoms with Gasteiger partial charge in [-0.3, -0.25) is 4.57 Å². The first-order chi connectivity index (χ1) is 14.0. The van der Waals surface area contributed by atoms with Crippen LogP contribution in [0.4, 0.5) is 0 Å². The van der Waals surface area contributed by atoms with Gasteiger partial charge in [0.1, 0.15) is 36.4 Å². The average Bonchev–Trinajstić information content (AvgIpc) is 3.42. The summed E-state index contributed by atoms with van der Waals surface area (Å²) in [5, 5.41) is 31.5. The van der Waals surface area contributed by atoms with Gasteiger partial charge >= 0.3 is 5.97 Å². The third kappa shape index (κ3) is 3.40. The van der Waals surface area contributed by atoms with E-state index in [4.69, 9.17) is 4.74 Å². The van der Waals surface area contributed by atoms with Crippen molar-refractivity contribution in [2.75, 3.05) is 13.2 Å². The van der Waals surface area contributed by atoms with Crippen molar-refractivity contribution in [3.8, 4) is 12.0 Å². The predicted octanol–water partition coefficient (Wildman–Crippen LogP) is -2.79. The molecule has 0 aromatic carbocycles. The van der Waals surface area contributed by atoms with E-state index < -0.39 is 36.6 Å². The number of esters is 1. The van der Waals surface area contributed by atoms with E-state index in [0.29, 0.717) is 36.3 Å². The smallest absolute Gasteiger partial charge is 0.351 e. The molecule has 4 rings (SSSR count). The zero-order valence-corrected chi connectivity index (χ0v) is 15.7. The van der Waals surface area contributed by atoms with Crippen LogP contribution in [0.3, 0.4) is 0 Å². The quantitative estimate of drug-likeness (QED) is 0.362. The number of aliphatic imine (C=N–C) groups is 1. The molecule has 0 spiro atoms. The lowest BCUT2D eigenvalue weighted by atomic mass is 10.1. The standard InChI is InChI=1S/C18H21N5O6/c1-2-3-4-7-28-18(27)13(26)14-11(24)12(25)17(29-14)23-9-20-10-15-19-5-6-22(15)8-21-16(10)23/h5,9,11-14,17,24-26H,2-3,6,8H2,1H3/t11-,12+,13?,14-,17+/m0/s1. The molecule has 3 aliphatic heterocycles. The predicted molar refractivity (Wildman–Crippen MR) is 97.2 cm³/mol. The van der Waals surface area contributed by atoms with Crippen LogP contribution in [0.15, 0.2) is 16.3 Å². The maximum absolute atomic E-state index is 12.0. The number of carbonyl (C=O) groups excluding carboxylic acids is 1. The van der Waals surface area contributed by atoms with Crippen molar-refractivity contribution < 1.29 is 29.6 Å². The summed E-state index contributed by atoms with van der Waals surface area (Å²) in [6.07, 6.45) is -0.533. The Hall–Kier alpha value is -2.78. The summed E-state index contributed by atoms with van der Waals surface area (Å²) >= 11 is 0. The van der Waals surface area contributed by atoms with Crippen molar-refractivity contribution in [3.63, 3.8) is 0 Å². The molecule has 0 aliphatic carbocycles. The van der Waals surface area contributed by atoms with E-state index in [1.165, 1.54) is 10.9 Å². The third-order valence-electron chi connectivity index (χ3n) is 4.89. The van der Waals surface area contributed by atoms with Gasteiger partial charge in [-0.05, 0) is 6.42 Å². The number of hydrogen-bond donors (Lipinski definition) is 3. The zero-order valence-electron chi connectivity index (χ0n) is 15.7. The average molecular weight is 403 g/mol. The first-order valence-corrected chi connectivity index (χ1v) is 9.30. The molecule has 154 valence electrons. The van der Waals surface area contributed by atoms with Gasteiger partial charge in [0.2, 0.25) is 0 Å². The molecule has 1 unspecified atom stereocenters. The molecule has 29 heavy (non-hydrogen) atoms. The monoisotopic (exact) mass is 403 g/mol. The molecule has 0 saturated carbocycles. The maximum atomic E-state index is 12.0. The Morgan fingerprint density at radius 3 is 3.07 bits per heavy atom. The molecule has 4 heterocycles. The SMILES string of the molecule is CCCC#COC(=O)C(O)[C@H]1O[C@@H](n2cnc3c2=NCN2CC=NC=32)[C@H](O)[C@@H]1O. The van der Waals surface area contributed by atoms with Crippen molar-refractivity contribution >= 4 is 18.0 Å². The fraction of sp³-hybridized carbons (Fsp3) is 0.556. The minimum absolute atomic E-state index is 0.369. The largest absolute Gasteiger partial charge is 0.387 e. The molecule has 11 heteroatoms. The van der Waals surface area contributed by atoms with Crippen LogP contribution in [0.2, 0.25) is 0 Å². The van der Waals surface area contributed by atoms with Crippen LogP contribution in [0.5, 0.6) is 0 Å². The van der Waals surface area contributed by atoms with Crippen LogP contribution in [-0.2, 0) is 14.3 Å². The summed E-state index contributed by atoms with van der Waals surface area (Å²) < 4.78 is 11.8. The van der Waals surface area contributed by atoms with Crippen LogP contribution >= 0.6 is 0 Å². The molecule has 1 aromatic rings. The highest BCUT2D eigenvalue weighted by molar-refractivity contribution is 5.76. The second-order valence-corrected chi connectivity index (χ2v) is 6.85. The highest BCUT2D eigenvalue weighted by Gasteiger charge is 2.49. The summed E-state index contributed by atoms with van der Waals surface area (Å²) in [5.74, 6) is 2.23. The summed E-state index contributed by atoms with van der Waals surface area (Å²) in [7, 11) is 0. The Kier molecular flexibility index (Phi) is 5.33. The van der Waals surface area contributed by atoms with Crippen LogP contribution in [0.25, 0.3) is 5.82 Å². The van der Waals surface area contributed by atoms with Crippen LogP contribution in [-0.4, -0.2) is 79.6 Å². The highest BCUT2D eigenvalue weighted by Crippen LogP contribution is 2.30. The van der Waals surface area contributed by atoms with Crippen LogP contribution in [0.1, 0.15) is 26.0 Å². The van der Waals surface area contributed by atoms with Gasteiger partial charge in [0, 0.05) is 12.6 Å². The number of aromatic nitrogens is 2. The molecule has 0 radical (unpaired) electrons. The molecule has 1 fully saturated rings. The van der Waals surface area contributed by atoms with Crippen LogP contribution in [0, 0.1) is 12.0 Å². The van der Waals surface area contributed by atoms with Gasteiger partial charge in [0.05, 0.1) is 12.9 Å². The van der Waals surface area contributed by atoms with E-state index >= 15 is 0 Å². The summed E-state index contributed by atoms with van der Waals surface area (Å²) in [6, 6.07) is 0. The normalized spacial score (nSPS) is 28.3. The number of ether oxygens (including phenoxy) is 2. The number of fused-ring (bicyclic) bond motifs is 2. The lowest BCUT2D eigenvalue weighted by Gasteiger charge is -2.20. The fourth-order valence-electron chi connectivity index (χ4n) is 3.37. The Morgan fingerprint density at radius 2 is 2.28 bits per heavy atom. The lowest BCUT2D eigenvalue weighted by molar-refractivity contribution is -0.160. The van der Waals surface area contributed by atoms with Gasteiger partial charge in [-0.15, -0.1) is 0 Å². The molecular weight excluding hydrogens is 382 g/mol. The van der Waals surface area contributed by atoms with Crippen molar-refractivity contribution in [2.24, 2.45) is 9.98 Å². The van der Waals surface area contributed by atoms with Gasteiger partial charge in [0.15, 0.2) is 23.6 Å². The summed E-state index contributed by atoms with van der Waals surface area (Å²) in [6.45, 7) is 2.93. The van der Waals surface area contributed by atoms with Crippen molar-refractivity contribution in [3.05, 3.63) is 17.2 Å². The van der Waals surface area contributed by atoms with E-state index in [-0.39, 0.29) is 0 Å². The minimum atomic E-state index is -1.82. The number of nitrogens with zero attached hydrogens (tertiary/aromatic N) is 5. The number of aliphatic hydroxyl groups is 3. The van der Waals surface area contributed by atoms with Crippen molar-refractivity contribution in [2.45, 2.75) is 50.4 Å². The zero-order chi connectivity index (χ0) is 20.5. The van der Waals surface area contributed by atoms with Crippen molar-refractivity contribution in [1.82, 2.24) is 14.5 Å². The number of imidazole rings is 1. The van der Waals surface area contributed by atoms with E-state index in [1.54, 1.807) is 6.21 Å². The van der Waals surface area contributed by atoms with E-state index in [9.17, 15) is 20.1 Å². The molecule has 1 aromatic heterocycles. The third-order valence-corrected chi connectivity index (χ3v) is 4.89.